The van der Waals surface area contributed by atoms with Gasteiger partial charge in [-0.3, -0.25) is 14.4 Å². The van der Waals surface area contributed by atoms with Crippen LogP contribution in [0.5, 0.6) is 0 Å². The standard InChI is InChI=1S/C19H24N4O3/c1-19(2,3)23-12-14(10-17(23)25)18(26)21-11-13-4-6-15(7-5-13)22-16(24)8-9-20/h4-7,14H,8,10-12H2,1-3H3,(H,21,26)(H,22,24). The lowest BCUT2D eigenvalue weighted by Gasteiger charge is -2.31. The minimum Gasteiger partial charge on any atom is -0.352 e. The molecule has 2 rings (SSSR count). The van der Waals surface area contributed by atoms with Crippen molar-refractivity contribution < 1.29 is 14.4 Å². The van der Waals surface area contributed by atoms with Crippen LogP contribution in [0.1, 0.15) is 39.2 Å². The third-order valence-corrected chi connectivity index (χ3v) is 4.25. The van der Waals surface area contributed by atoms with Crippen molar-refractivity contribution in [1.82, 2.24) is 10.2 Å². The minimum atomic E-state index is -0.358. The Kier molecular flexibility index (Phi) is 5.98. The SMILES string of the molecule is CC(C)(C)N1CC(C(=O)NCc2ccc(NC(=O)CC#N)cc2)CC1=O. The van der Waals surface area contributed by atoms with Crippen LogP contribution in [-0.4, -0.2) is 34.7 Å². The maximum absolute atomic E-state index is 12.3. The van der Waals surface area contributed by atoms with Crippen molar-refractivity contribution in [3.8, 4) is 6.07 Å². The van der Waals surface area contributed by atoms with Crippen molar-refractivity contribution >= 4 is 23.4 Å². The second-order valence-electron chi connectivity index (χ2n) is 7.37. The molecule has 0 radical (unpaired) electrons. The van der Waals surface area contributed by atoms with Crippen LogP contribution in [0.4, 0.5) is 5.69 Å². The van der Waals surface area contributed by atoms with Gasteiger partial charge in [-0.1, -0.05) is 12.1 Å². The number of rotatable bonds is 5. The number of anilines is 1. The fourth-order valence-electron chi connectivity index (χ4n) is 2.85. The van der Waals surface area contributed by atoms with Crippen molar-refractivity contribution in [3.05, 3.63) is 29.8 Å². The number of carbonyl (C=O) groups is 3. The van der Waals surface area contributed by atoms with Crippen molar-refractivity contribution in [1.29, 1.82) is 5.26 Å². The highest BCUT2D eigenvalue weighted by molar-refractivity contribution is 5.92. The van der Waals surface area contributed by atoms with E-state index in [1.165, 1.54) is 0 Å². The second-order valence-corrected chi connectivity index (χ2v) is 7.37. The third kappa shape index (κ3) is 5.06. The van der Waals surface area contributed by atoms with Gasteiger partial charge in [-0.25, -0.2) is 0 Å². The van der Waals surface area contributed by atoms with Gasteiger partial charge in [0.25, 0.3) is 0 Å². The molecule has 0 spiro atoms. The van der Waals surface area contributed by atoms with Crippen molar-refractivity contribution in [2.75, 3.05) is 11.9 Å². The first-order chi connectivity index (χ1) is 12.2. The van der Waals surface area contributed by atoms with E-state index in [9.17, 15) is 14.4 Å². The smallest absolute Gasteiger partial charge is 0.238 e. The number of nitrogens with zero attached hydrogens (tertiary/aromatic N) is 2. The number of hydrogen-bond donors (Lipinski definition) is 2. The Labute approximate surface area is 153 Å². The van der Waals surface area contributed by atoms with E-state index in [1.54, 1.807) is 35.2 Å². The van der Waals surface area contributed by atoms with Crippen LogP contribution >= 0.6 is 0 Å². The molecule has 1 unspecified atom stereocenters. The largest absolute Gasteiger partial charge is 0.352 e. The zero-order chi connectivity index (χ0) is 19.3. The molecular formula is C19H24N4O3. The van der Waals surface area contributed by atoms with Gasteiger partial charge in [0.1, 0.15) is 6.42 Å². The van der Waals surface area contributed by atoms with Crippen LogP contribution in [-0.2, 0) is 20.9 Å². The lowest BCUT2D eigenvalue weighted by atomic mass is 10.1. The Hall–Kier alpha value is -2.88. The highest BCUT2D eigenvalue weighted by Crippen LogP contribution is 2.25. The summed E-state index contributed by atoms with van der Waals surface area (Å²) in [6, 6.07) is 8.82. The first-order valence-corrected chi connectivity index (χ1v) is 8.54. The maximum atomic E-state index is 12.3. The van der Waals surface area contributed by atoms with Crippen LogP contribution in [0, 0.1) is 17.2 Å². The summed E-state index contributed by atoms with van der Waals surface area (Å²) >= 11 is 0. The van der Waals surface area contributed by atoms with E-state index in [0.717, 1.165) is 5.56 Å². The van der Waals surface area contributed by atoms with Crippen molar-refractivity contribution in [2.45, 2.75) is 45.7 Å². The molecule has 1 saturated heterocycles. The van der Waals surface area contributed by atoms with Crippen LogP contribution in [0.2, 0.25) is 0 Å². The molecular weight excluding hydrogens is 332 g/mol. The molecule has 7 heteroatoms. The minimum absolute atomic E-state index is 0.00936. The topological polar surface area (TPSA) is 102 Å². The summed E-state index contributed by atoms with van der Waals surface area (Å²) in [5, 5.41) is 14.0. The Balaban J connectivity index is 1.85. The average molecular weight is 356 g/mol. The van der Waals surface area contributed by atoms with E-state index in [1.807, 2.05) is 20.8 Å². The molecule has 1 aliphatic rings. The number of hydrogen-bond acceptors (Lipinski definition) is 4. The fourth-order valence-corrected chi connectivity index (χ4v) is 2.85. The first-order valence-electron chi connectivity index (χ1n) is 8.54. The molecule has 2 N–H and O–H groups in total. The summed E-state index contributed by atoms with van der Waals surface area (Å²) in [4.78, 5) is 37.5. The molecule has 138 valence electrons. The number of benzene rings is 1. The van der Waals surface area contributed by atoms with Gasteiger partial charge in [-0.15, -0.1) is 0 Å². The highest BCUT2D eigenvalue weighted by atomic mass is 16.2. The van der Waals surface area contributed by atoms with Gasteiger partial charge >= 0.3 is 0 Å². The quantitative estimate of drug-likeness (QED) is 0.840. The molecule has 7 nitrogen and oxygen atoms in total. The Morgan fingerprint density at radius 2 is 1.92 bits per heavy atom. The van der Waals surface area contributed by atoms with E-state index in [2.05, 4.69) is 10.6 Å². The lowest BCUT2D eigenvalue weighted by molar-refractivity contribution is -0.132. The van der Waals surface area contributed by atoms with Gasteiger partial charge in [0.05, 0.1) is 12.0 Å². The Morgan fingerprint density at radius 3 is 2.46 bits per heavy atom. The lowest BCUT2D eigenvalue weighted by Crippen LogP contribution is -2.43. The molecule has 0 aliphatic carbocycles. The summed E-state index contributed by atoms with van der Waals surface area (Å²) in [5.74, 6) is -0.805. The van der Waals surface area contributed by atoms with Gasteiger partial charge in [0, 0.05) is 30.7 Å². The maximum Gasteiger partial charge on any atom is 0.238 e. The average Bonchev–Trinajstić information content (AvgIpc) is 2.96. The molecule has 0 saturated carbocycles. The molecule has 1 atom stereocenters. The van der Waals surface area contributed by atoms with E-state index in [-0.39, 0.29) is 42.0 Å². The summed E-state index contributed by atoms with van der Waals surface area (Å²) in [7, 11) is 0. The number of amides is 3. The number of carbonyl (C=O) groups excluding carboxylic acids is 3. The number of likely N-dealkylation sites (tertiary alicyclic amines) is 1. The first kappa shape index (κ1) is 19.4. The predicted molar refractivity (Wildman–Crippen MR) is 96.7 cm³/mol. The van der Waals surface area contributed by atoms with Crippen molar-refractivity contribution in [2.24, 2.45) is 5.92 Å². The Bertz CT molecular complexity index is 729. The van der Waals surface area contributed by atoms with E-state index < -0.39 is 0 Å². The number of nitrogens with one attached hydrogen (secondary N) is 2. The van der Waals surface area contributed by atoms with Gasteiger partial charge in [-0.05, 0) is 38.5 Å². The molecule has 26 heavy (non-hydrogen) atoms. The van der Waals surface area contributed by atoms with E-state index in [0.29, 0.717) is 18.8 Å². The third-order valence-electron chi connectivity index (χ3n) is 4.25. The van der Waals surface area contributed by atoms with E-state index >= 15 is 0 Å². The van der Waals surface area contributed by atoms with Crippen LogP contribution in [0.15, 0.2) is 24.3 Å². The molecule has 1 aliphatic heterocycles. The predicted octanol–water partition coefficient (Wildman–Crippen LogP) is 1.80. The van der Waals surface area contributed by atoms with Gasteiger partial charge in [0.2, 0.25) is 17.7 Å². The zero-order valence-corrected chi connectivity index (χ0v) is 15.3. The molecule has 1 fully saturated rings. The van der Waals surface area contributed by atoms with Gasteiger partial charge in [-0.2, -0.15) is 5.26 Å². The van der Waals surface area contributed by atoms with Crippen molar-refractivity contribution in [3.63, 3.8) is 0 Å². The molecule has 1 heterocycles. The normalized spacial score (nSPS) is 16.9. The summed E-state index contributed by atoms with van der Waals surface area (Å²) in [6.45, 7) is 6.68. The monoisotopic (exact) mass is 356 g/mol. The molecule has 0 aromatic heterocycles. The molecule has 3 amide bonds. The fraction of sp³-hybridized carbons (Fsp3) is 0.474. The van der Waals surface area contributed by atoms with Gasteiger partial charge < -0.3 is 15.5 Å². The summed E-state index contributed by atoms with van der Waals surface area (Å²) < 4.78 is 0. The van der Waals surface area contributed by atoms with Crippen LogP contribution in [0.25, 0.3) is 0 Å². The summed E-state index contributed by atoms with van der Waals surface area (Å²) in [5.41, 5.74) is 1.20. The highest BCUT2D eigenvalue weighted by Gasteiger charge is 2.39. The molecule has 1 aromatic rings. The van der Waals surface area contributed by atoms with Crippen LogP contribution in [0.3, 0.4) is 0 Å². The molecule has 0 bridgehead atoms. The Morgan fingerprint density at radius 1 is 1.27 bits per heavy atom. The zero-order valence-electron chi connectivity index (χ0n) is 15.3. The number of nitriles is 1. The molecule has 1 aromatic carbocycles. The summed E-state index contributed by atoms with van der Waals surface area (Å²) in [6.07, 6.45) is 0.0520. The van der Waals surface area contributed by atoms with Gasteiger partial charge in [0.15, 0.2) is 0 Å². The van der Waals surface area contributed by atoms with Crippen LogP contribution < -0.4 is 10.6 Å². The second kappa shape index (κ2) is 8.00. The van der Waals surface area contributed by atoms with E-state index in [4.69, 9.17) is 5.26 Å².